The summed E-state index contributed by atoms with van der Waals surface area (Å²) in [5.41, 5.74) is 0. The summed E-state index contributed by atoms with van der Waals surface area (Å²) in [5.74, 6) is 0.0496. The van der Waals surface area contributed by atoms with Crippen LogP contribution in [0.25, 0.3) is 0 Å². The highest BCUT2D eigenvalue weighted by molar-refractivity contribution is 4.95. The molecule has 4 unspecified atom stereocenters. The second kappa shape index (κ2) is 2.92. The Labute approximate surface area is 83.9 Å². The van der Waals surface area contributed by atoms with E-state index in [1.807, 2.05) is 13.8 Å². The molecule has 0 aliphatic carbocycles. The van der Waals surface area contributed by atoms with Gasteiger partial charge in [0.05, 0.1) is 6.10 Å². The molecule has 0 bridgehead atoms. The first-order valence-electron chi connectivity index (χ1n) is 5.37. The fourth-order valence-electron chi connectivity index (χ4n) is 2.70. The summed E-state index contributed by atoms with van der Waals surface area (Å²) in [6.07, 6.45) is 1.43. The minimum absolute atomic E-state index is 0.139. The van der Waals surface area contributed by atoms with Gasteiger partial charge in [-0.3, -0.25) is 0 Å². The third-order valence-electron chi connectivity index (χ3n) is 3.30. The van der Waals surface area contributed by atoms with Gasteiger partial charge in [-0.2, -0.15) is 0 Å². The van der Waals surface area contributed by atoms with Gasteiger partial charge >= 0.3 is 0 Å². The summed E-state index contributed by atoms with van der Waals surface area (Å²) in [5, 5.41) is 3.33. The van der Waals surface area contributed by atoms with Crippen LogP contribution in [-0.4, -0.2) is 37.4 Å². The number of hydrogen-bond acceptors (Lipinski definition) is 4. The van der Waals surface area contributed by atoms with Crippen LogP contribution in [0.4, 0.5) is 0 Å². The molecule has 3 saturated heterocycles. The summed E-state index contributed by atoms with van der Waals surface area (Å²) < 4.78 is 17.4. The van der Waals surface area contributed by atoms with E-state index in [0.717, 1.165) is 19.5 Å². The van der Waals surface area contributed by atoms with Crippen molar-refractivity contribution in [2.24, 2.45) is 5.92 Å². The topological polar surface area (TPSA) is 39.7 Å². The smallest absolute Gasteiger partial charge is 0.187 e. The molecule has 0 saturated carbocycles. The molecule has 1 N–H and O–H groups in total. The first-order valence-corrected chi connectivity index (χ1v) is 5.37. The van der Waals surface area contributed by atoms with Crippen molar-refractivity contribution in [2.75, 3.05) is 13.1 Å². The van der Waals surface area contributed by atoms with Crippen LogP contribution in [-0.2, 0) is 14.2 Å². The number of piperidine rings is 1. The molecule has 0 aromatic heterocycles. The van der Waals surface area contributed by atoms with Crippen molar-refractivity contribution in [1.29, 1.82) is 0 Å². The molecule has 3 aliphatic heterocycles. The lowest BCUT2D eigenvalue weighted by Crippen LogP contribution is -2.42. The van der Waals surface area contributed by atoms with Gasteiger partial charge in [0.25, 0.3) is 0 Å². The van der Waals surface area contributed by atoms with Crippen LogP contribution >= 0.6 is 0 Å². The van der Waals surface area contributed by atoms with E-state index in [1.54, 1.807) is 0 Å². The Morgan fingerprint density at radius 3 is 3.00 bits per heavy atom. The number of ether oxygens (including phenoxy) is 3. The number of nitrogens with one attached hydrogen (secondary N) is 1. The van der Waals surface area contributed by atoms with E-state index in [4.69, 9.17) is 14.2 Å². The quantitative estimate of drug-likeness (QED) is 0.615. The Balaban J connectivity index is 1.78. The highest BCUT2D eigenvalue weighted by Gasteiger charge is 2.54. The summed E-state index contributed by atoms with van der Waals surface area (Å²) in [4.78, 5) is 0. The Bertz CT molecular complexity index is 244. The average Bonchev–Trinajstić information content (AvgIpc) is 2.56. The van der Waals surface area contributed by atoms with Crippen LogP contribution in [0.15, 0.2) is 0 Å². The zero-order valence-corrected chi connectivity index (χ0v) is 8.66. The monoisotopic (exact) mass is 199 g/mol. The molecule has 3 heterocycles. The molecule has 4 nitrogen and oxygen atoms in total. The molecule has 80 valence electrons. The highest BCUT2D eigenvalue weighted by atomic mass is 16.8. The van der Waals surface area contributed by atoms with Gasteiger partial charge in [-0.05, 0) is 26.8 Å². The van der Waals surface area contributed by atoms with Gasteiger partial charge in [0.15, 0.2) is 12.1 Å². The van der Waals surface area contributed by atoms with Gasteiger partial charge < -0.3 is 19.5 Å². The molecule has 3 aliphatic rings. The van der Waals surface area contributed by atoms with Crippen molar-refractivity contribution >= 4 is 0 Å². The summed E-state index contributed by atoms with van der Waals surface area (Å²) in [6, 6.07) is 0. The molecule has 0 aromatic carbocycles. The molecular formula is C10H17NO3. The second-order valence-corrected chi connectivity index (χ2v) is 4.80. The van der Waals surface area contributed by atoms with E-state index in [2.05, 4.69) is 5.32 Å². The minimum atomic E-state index is -0.467. The molecule has 0 radical (unpaired) electrons. The van der Waals surface area contributed by atoms with Crippen molar-refractivity contribution in [3.8, 4) is 0 Å². The maximum Gasteiger partial charge on any atom is 0.187 e. The first kappa shape index (κ1) is 9.09. The van der Waals surface area contributed by atoms with Gasteiger partial charge in [-0.15, -0.1) is 0 Å². The molecule has 0 aromatic rings. The fourth-order valence-corrected chi connectivity index (χ4v) is 2.70. The third kappa shape index (κ3) is 1.29. The van der Waals surface area contributed by atoms with Crippen LogP contribution in [0.1, 0.15) is 20.3 Å². The van der Waals surface area contributed by atoms with E-state index in [0.29, 0.717) is 5.92 Å². The predicted molar refractivity (Wildman–Crippen MR) is 49.7 cm³/mol. The number of rotatable bonds is 0. The average molecular weight is 199 g/mol. The third-order valence-corrected chi connectivity index (χ3v) is 3.30. The molecule has 0 amide bonds. The largest absolute Gasteiger partial charge is 0.345 e. The Hall–Kier alpha value is -0.160. The van der Waals surface area contributed by atoms with Gasteiger partial charge in [0.1, 0.15) is 6.10 Å². The van der Waals surface area contributed by atoms with Gasteiger partial charge in [0, 0.05) is 12.5 Å². The van der Waals surface area contributed by atoms with E-state index < -0.39 is 5.79 Å². The van der Waals surface area contributed by atoms with Crippen molar-refractivity contribution in [3.05, 3.63) is 0 Å². The summed E-state index contributed by atoms with van der Waals surface area (Å²) in [7, 11) is 0. The summed E-state index contributed by atoms with van der Waals surface area (Å²) in [6.45, 7) is 5.90. The minimum Gasteiger partial charge on any atom is -0.345 e. The maximum atomic E-state index is 5.87. The second-order valence-electron chi connectivity index (χ2n) is 4.80. The Morgan fingerprint density at radius 1 is 1.29 bits per heavy atom. The van der Waals surface area contributed by atoms with Gasteiger partial charge in [0.2, 0.25) is 0 Å². The fraction of sp³-hybridized carbons (Fsp3) is 1.00. The molecule has 0 spiro atoms. The molecule has 14 heavy (non-hydrogen) atoms. The standard InChI is InChI=1S/C10H17NO3/c1-10(2)13-8-6-3-4-11-5-7(6)12-9(8)14-10/h6-9,11H,3-5H2,1-2H3. The van der Waals surface area contributed by atoms with Crippen molar-refractivity contribution in [1.82, 2.24) is 5.32 Å². The predicted octanol–water partition coefficient (Wildman–Crippen LogP) is 0.472. The number of hydrogen-bond donors (Lipinski definition) is 1. The number of fused-ring (bicyclic) bond motifs is 3. The van der Waals surface area contributed by atoms with Crippen LogP contribution in [0.3, 0.4) is 0 Å². The maximum absolute atomic E-state index is 5.87. The zero-order valence-electron chi connectivity index (χ0n) is 8.66. The summed E-state index contributed by atoms with van der Waals surface area (Å²) >= 11 is 0. The highest BCUT2D eigenvalue weighted by Crippen LogP contribution is 2.42. The van der Waals surface area contributed by atoms with Crippen LogP contribution in [0.5, 0.6) is 0 Å². The molecule has 4 heteroatoms. The molecule has 3 fully saturated rings. The molecule has 4 atom stereocenters. The van der Waals surface area contributed by atoms with E-state index in [9.17, 15) is 0 Å². The molecular weight excluding hydrogens is 182 g/mol. The van der Waals surface area contributed by atoms with E-state index >= 15 is 0 Å². The SMILES string of the molecule is CC1(C)OC2OC3CNCCC3C2O1. The Kier molecular flexibility index (Phi) is 1.89. The van der Waals surface area contributed by atoms with Crippen molar-refractivity contribution in [3.63, 3.8) is 0 Å². The first-order chi connectivity index (χ1) is 6.66. The van der Waals surface area contributed by atoms with Crippen LogP contribution < -0.4 is 5.32 Å². The van der Waals surface area contributed by atoms with E-state index in [-0.39, 0.29) is 18.5 Å². The van der Waals surface area contributed by atoms with Crippen LogP contribution in [0.2, 0.25) is 0 Å². The lowest BCUT2D eigenvalue weighted by Gasteiger charge is -2.29. The Morgan fingerprint density at radius 2 is 2.14 bits per heavy atom. The lowest BCUT2D eigenvalue weighted by atomic mass is 9.92. The normalized spacial score (nSPS) is 50.1. The van der Waals surface area contributed by atoms with Crippen molar-refractivity contribution in [2.45, 2.75) is 44.6 Å². The zero-order chi connectivity index (χ0) is 9.76. The van der Waals surface area contributed by atoms with Crippen LogP contribution in [0, 0.1) is 5.92 Å². The van der Waals surface area contributed by atoms with E-state index in [1.165, 1.54) is 0 Å². The molecule has 3 rings (SSSR count). The van der Waals surface area contributed by atoms with Crippen molar-refractivity contribution < 1.29 is 14.2 Å². The van der Waals surface area contributed by atoms with Gasteiger partial charge in [-0.1, -0.05) is 0 Å². The lowest BCUT2D eigenvalue weighted by molar-refractivity contribution is -0.211. The van der Waals surface area contributed by atoms with Gasteiger partial charge in [-0.25, -0.2) is 0 Å².